The second-order valence-corrected chi connectivity index (χ2v) is 9.71. The first-order chi connectivity index (χ1) is 16.0. The highest BCUT2D eigenvalue weighted by Crippen LogP contribution is 2.55. The van der Waals surface area contributed by atoms with Crippen molar-refractivity contribution in [1.29, 1.82) is 0 Å². The zero-order chi connectivity index (χ0) is 22.7. The Morgan fingerprint density at radius 2 is 1.94 bits per heavy atom. The van der Waals surface area contributed by atoms with Gasteiger partial charge in [0.2, 0.25) is 0 Å². The molecule has 0 aliphatic heterocycles. The summed E-state index contributed by atoms with van der Waals surface area (Å²) in [5, 5.41) is 5.37. The summed E-state index contributed by atoms with van der Waals surface area (Å²) in [4.78, 5) is 17.5. The van der Waals surface area contributed by atoms with Crippen molar-refractivity contribution in [2.24, 2.45) is 11.8 Å². The summed E-state index contributed by atoms with van der Waals surface area (Å²) in [5.41, 5.74) is 5.02. The number of halogens is 1. The largest absolute Gasteiger partial charge is 0.348 e. The first-order valence-electron chi connectivity index (χ1n) is 12.0. The second kappa shape index (κ2) is 7.68. The predicted molar refractivity (Wildman–Crippen MR) is 129 cm³/mol. The molecule has 2 aromatic carbocycles. The molecular weight excluding hydrogens is 413 g/mol. The smallest absolute Gasteiger partial charge is 0.270 e. The molecule has 2 fully saturated rings. The number of carbonyl (C=O) groups is 1. The van der Waals surface area contributed by atoms with Crippen LogP contribution in [0.5, 0.6) is 0 Å². The van der Waals surface area contributed by atoms with Crippen LogP contribution in [0.3, 0.4) is 0 Å². The predicted octanol–water partition coefficient (Wildman–Crippen LogP) is 5.97. The molecule has 4 aromatic rings. The van der Waals surface area contributed by atoms with E-state index in [4.69, 9.17) is 0 Å². The van der Waals surface area contributed by atoms with Gasteiger partial charge in [0.05, 0.1) is 5.52 Å². The van der Waals surface area contributed by atoms with Crippen LogP contribution in [0.25, 0.3) is 21.8 Å². The molecule has 2 saturated carbocycles. The highest BCUT2D eigenvalue weighted by molar-refractivity contribution is 5.95. The standard InChI is InChI=1S/C28H28FN3O/c1-3-32-16(2)27(22-15-20(29)9-11-26(22)32)21-13-19-12-18(21)14-25(19)31-28(33)24-10-8-17-6-4-5-7-23(17)30-24/h4-11,15,18-19,21,25H,3,12-14H2,1-2H3,(H,31,33). The van der Waals surface area contributed by atoms with Crippen molar-refractivity contribution in [2.45, 2.75) is 51.6 Å². The Morgan fingerprint density at radius 1 is 1.09 bits per heavy atom. The SMILES string of the molecule is CCn1c(C)c(C2CC3CC2CC3NC(=O)c2ccc3ccccc3n2)c2cc(F)ccc21. The Hall–Kier alpha value is -3.21. The minimum atomic E-state index is -0.173. The molecule has 33 heavy (non-hydrogen) atoms. The molecule has 2 aromatic heterocycles. The Kier molecular flexibility index (Phi) is 4.75. The molecule has 2 aliphatic carbocycles. The van der Waals surface area contributed by atoms with Gasteiger partial charge in [-0.2, -0.15) is 0 Å². The average molecular weight is 442 g/mol. The van der Waals surface area contributed by atoms with E-state index in [0.717, 1.165) is 47.6 Å². The summed E-state index contributed by atoms with van der Waals surface area (Å²) in [6, 6.07) is 17.0. The van der Waals surface area contributed by atoms with E-state index in [1.807, 2.05) is 42.5 Å². The maximum atomic E-state index is 14.1. The van der Waals surface area contributed by atoms with Crippen LogP contribution < -0.4 is 5.32 Å². The number of hydrogen-bond donors (Lipinski definition) is 1. The van der Waals surface area contributed by atoms with E-state index in [1.165, 1.54) is 11.3 Å². The summed E-state index contributed by atoms with van der Waals surface area (Å²) >= 11 is 0. The van der Waals surface area contributed by atoms with E-state index in [1.54, 1.807) is 12.1 Å². The Bertz CT molecular complexity index is 1390. The number of rotatable bonds is 4. The third-order valence-electron chi connectivity index (χ3n) is 8.03. The number of hydrogen-bond acceptors (Lipinski definition) is 2. The lowest BCUT2D eigenvalue weighted by Gasteiger charge is -2.29. The zero-order valence-electron chi connectivity index (χ0n) is 19.0. The fourth-order valence-electron chi connectivity index (χ4n) is 6.60. The third kappa shape index (κ3) is 3.25. The molecule has 1 amide bonds. The molecule has 2 bridgehead atoms. The van der Waals surface area contributed by atoms with Crippen LogP contribution in [-0.4, -0.2) is 21.5 Å². The van der Waals surface area contributed by atoms with Crippen LogP contribution >= 0.6 is 0 Å². The fourth-order valence-corrected chi connectivity index (χ4v) is 6.60. The fraction of sp³-hybridized carbons (Fsp3) is 0.357. The van der Waals surface area contributed by atoms with Gasteiger partial charge in [-0.15, -0.1) is 0 Å². The van der Waals surface area contributed by atoms with Crippen LogP contribution in [0, 0.1) is 24.6 Å². The minimum Gasteiger partial charge on any atom is -0.348 e. The van der Waals surface area contributed by atoms with E-state index < -0.39 is 0 Å². The number of para-hydroxylation sites is 1. The number of aromatic nitrogens is 2. The molecule has 2 aliphatic rings. The van der Waals surface area contributed by atoms with Gasteiger partial charge in [0.1, 0.15) is 11.5 Å². The van der Waals surface area contributed by atoms with Gasteiger partial charge in [-0.1, -0.05) is 24.3 Å². The number of nitrogens with zero attached hydrogens (tertiary/aromatic N) is 2. The van der Waals surface area contributed by atoms with Crippen molar-refractivity contribution >= 4 is 27.7 Å². The molecule has 168 valence electrons. The highest BCUT2D eigenvalue weighted by Gasteiger charge is 2.48. The van der Waals surface area contributed by atoms with Gasteiger partial charge in [0.15, 0.2) is 0 Å². The topological polar surface area (TPSA) is 46.9 Å². The molecule has 0 saturated heterocycles. The number of nitrogens with one attached hydrogen (secondary N) is 1. The number of carbonyl (C=O) groups excluding carboxylic acids is 1. The van der Waals surface area contributed by atoms with Gasteiger partial charge in [0.25, 0.3) is 5.91 Å². The van der Waals surface area contributed by atoms with E-state index >= 15 is 0 Å². The zero-order valence-corrected chi connectivity index (χ0v) is 19.0. The average Bonchev–Trinajstić information content (AvgIpc) is 3.48. The van der Waals surface area contributed by atoms with Gasteiger partial charge < -0.3 is 9.88 Å². The monoisotopic (exact) mass is 441 g/mol. The van der Waals surface area contributed by atoms with Gasteiger partial charge in [-0.3, -0.25) is 4.79 Å². The van der Waals surface area contributed by atoms with Crippen molar-refractivity contribution < 1.29 is 9.18 Å². The molecule has 6 rings (SSSR count). The number of fused-ring (bicyclic) bond motifs is 4. The summed E-state index contributed by atoms with van der Waals surface area (Å²) < 4.78 is 16.4. The number of aryl methyl sites for hydroxylation is 1. The molecule has 4 nitrogen and oxygen atoms in total. The van der Waals surface area contributed by atoms with E-state index in [0.29, 0.717) is 23.4 Å². The van der Waals surface area contributed by atoms with Crippen molar-refractivity contribution in [1.82, 2.24) is 14.9 Å². The second-order valence-electron chi connectivity index (χ2n) is 9.71. The molecular formula is C28H28FN3O. The van der Waals surface area contributed by atoms with E-state index in [-0.39, 0.29) is 17.8 Å². The molecule has 4 atom stereocenters. The Labute approximate surface area is 192 Å². The van der Waals surface area contributed by atoms with Gasteiger partial charge in [-0.25, -0.2) is 9.37 Å². The van der Waals surface area contributed by atoms with Gasteiger partial charge in [0, 0.05) is 34.6 Å². The van der Waals surface area contributed by atoms with E-state index in [9.17, 15) is 9.18 Å². The van der Waals surface area contributed by atoms with Crippen molar-refractivity contribution in [3.8, 4) is 0 Å². The summed E-state index contributed by atoms with van der Waals surface area (Å²) in [6.45, 7) is 5.20. The van der Waals surface area contributed by atoms with Crippen LogP contribution in [-0.2, 0) is 6.54 Å². The molecule has 0 spiro atoms. The van der Waals surface area contributed by atoms with Gasteiger partial charge in [-0.05, 0) is 86.8 Å². The number of benzene rings is 2. The highest BCUT2D eigenvalue weighted by atomic mass is 19.1. The Morgan fingerprint density at radius 3 is 2.73 bits per heavy atom. The summed E-state index contributed by atoms with van der Waals surface area (Å²) in [5.74, 6) is 1.14. The van der Waals surface area contributed by atoms with Gasteiger partial charge >= 0.3 is 0 Å². The van der Waals surface area contributed by atoms with Crippen LogP contribution in [0.1, 0.15) is 53.8 Å². The van der Waals surface area contributed by atoms with Crippen molar-refractivity contribution in [2.75, 3.05) is 0 Å². The van der Waals surface area contributed by atoms with E-state index in [2.05, 4.69) is 28.7 Å². The number of amides is 1. The lowest BCUT2D eigenvalue weighted by atomic mass is 9.80. The molecule has 4 unspecified atom stereocenters. The normalized spacial score (nSPS) is 24.1. The molecule has 1 N–H and O–H groups in total. The van der Waals surface area contributed by atoms with Crippen LogP contribution in [0.4, 0.5) is 4.39 Å². The summed E-state index contributed by atoms with van der Waals surface area (Å²) in [6.07, 6.45) is 3.14. The number of pyridine rings is 1. The molecule has 0 radical (unpaired) electrons. The lowest BCUT2D eigenvalue weighted by molar-refractivity contribution is 0.0916. The summed E-state index contributed by atoms with van der Waals surface area (Å²) in [7, 11) is 0. The quantitative estimate of drug-likeness (QED) is 0.424. The lowest BCUT2D eigenvalue weighted by Crippen LogP contribution is -2.39. The van der Waals surface area contributed by atoms with Crippen molar-refractivity contribution in [3.05, 3.63) is 77.4 Å². The molecule has 5 heteroatoms. The Balaban J connectivity index is 1.23. The maximum Gasteiger partial charge on any atom is 0.270 e. The first-order valence-corrected chi connectivity index (χ1v) is 12.0. The first kappa shape index (κ1) is 20.4. The maximum absolute atomic E-state index is 14.1. The molecule has 2 heterocycles. The van der Waals surface area contributed by atoms with Crippen LogP contribution in [0.15, 0.2) is 54.6 Å². The third-order valence-corrected chi connectivity index (χ3v) is 8.03. The van der Waals surface area contributed by atoms with Crippen LogP contribution in [0.2, 0.25) is 0 Å². The van der Waals surface area contributed by atoms with Crippen molar-refractivity contribution in [3.63, 3.8) is 0 Å². The minimum absolute atomic E-state index is 0.0873.